The minimum atomic E-state index is 0.379. The Morgan fingerprint density at radius 1 is 0.483 bits per heavy atom. The molecule has 0 unspecified atom stereocenters. The summed E-state index contributed by atoms with van der Waals surface area (Å²) in [6, 6.07) is 0. The van der Waals surface area contributed by atoms with Gasteiger partial charge in [-0.3, -0.25) is 0 Å². The van der Waals surface area contributed by atoms with Crippen molar-refractivity contribution >= 4 is 91.2 Å². The predicted octanol–water partition coefficient (Wildman–Crippen LogP) is -4.77. The van der Waals surface area contributed by atoms with Gasteiger partial charge in [-0.2, -0.15) is 0 Å². The van der Waals surface area contributed by atoms with E-state index in [-0.39, 0.29) is 0 Å². The van der Waals surface area contributed by atoms with Gasteiger partial charge in [-0.15, -0.1) is 0 Å². The zero-order chi connectivity index (χ0) is 21.5. The van der Waals surface area contributed by atoms with Crippen molar-refractivity contribution in [3.8, 4) is 0 Å². The summed E-state index contributed by atoms with van der Waals surface area (Å²) in [6.07, 6.45) is 4.81. The molecule has 2 aliphatic carbocycles. The second kappa shape index (κ2) is 6.56. The van der Waals surface area contributed by atoms with Gasteiger partial charge in [-0.05, 0) is 47.6 Å². The van der Waals surface area contributed by atoms with Crippen LogP contribution < -0.4 is 38.1 Å². The van der Waals surface area contributed by atoms with Crippen LogP contribution in [0.1, 0.15) is 49.9 Å². The maximum absolute atomic E-state index is 3.97. The maximum atomic E-state index is 3.97. The van der Waals surface area contributed by atoms with Crippen LogP contribution in [0, 0.1) is 10.8 Å². The lowest BCUT2D eigenvalue weighted by Crippen LogP contribution is -2.42. The summed E-state index contributed by atoms with van der Waals surface area (Å²) in [6.45, 7) is 9.64. The maximum Gasteiger partial charge on any atom is 0.142 e. The summed E-state index contributed by atoms with van der Waals surface area (Å²) in [7, 11) is 14.0. The summed E-state index contributed by atoms with van der Waals surface area (Å²) >= 11 is 0. The predicted molar refractivity (Wildman–Crippen MR) is 148 cm³/mol. The number of hydrogen-bond donors (Lipinski definition) is 1. The summed E-state index contributed by atoms with van der Waals surface area (Å²) in [4.78, 5) is 0. The van der Waals surface area contributed by atoms with Gasteiger partial charge in [0.15, 0.2) is 0 Å². The van der Waals surface area contributed by atoms with E-state index in [1.165, 1.54) is 69.8 Å². The van der Waals surface area contributed by atoms with Crippen LogP contribution in [-0.4, -0.2) is 47.1 Å². The fraction of sp³-hybridized carbons (Fsp3) is 0.455. The first-order chi connectivity index (χ1) is 13.3. The average Bonchev–Trinajstić information content (AvgIpc) is 3.13. The fourth-order valence-electron chi connectivity index (χ4n) is 6.09. The number of hydrogen-bond acceptors (Lipinski definition) is 1. The Kier molecular flexibility index (Phi) is 4.73. The molecule has 0 aromatic heterocycles. The summed E-state index contributed by atoms with van der Waals surface area (Å²) in [5, 5.41) is 3.97. The zero-order valence-electron chi connectivity index (χ0n) is 20.3. The first-order valence-electron chi connectivity index (χ1n) is 11.3. The highest BCUT2D eigenvalue weighted by Crippen LogP contribution is 2.36. The highest BCUT2D eigenvalue weighted by Gasteiger charge is 2.34. The smallest absolute Gasteiger partial charge is 0.142 e. The van der Waals surface area contributed by atoms with Gasteiger partial charge in [0.1, 0.15) is 47.1 Å². The lowest BCUT2D eigenvalue weighted by molar-refractivity contribution is 0.393. The molecule has 0 atom stereocenters. The van der Waals surface area contributed by atoms with Crippen molar-refractivity contribution in [1.82, 2.24) is 0 Å². The van der Waals surface area contributed by atoms with Gasteiger partial charge in [0, 0.05) is 11.4 Å². The summed E-state index contributed by atoms with van der Waals surface area (Å²) < 4.78 is 0. The third-order valence-electron chi connectivity index (χ3n) is 8.04. The highest BCUT2D eigenvalue weighted by atomic mass is 14.9. The van der Waals surface area contributed by atoms with Gasteiger partial charge >= 0.3 is 0 Å². The molecule has 0 amide bonds. The van der Waals surface area contributed by atoms with Crippen LogP contribution in [0.3, 0.4) is 0 Å². The molecule has 7 heteroatoms. The Labute approximate surface area is 183 Å². The Morgan fingerprint density at radius 3 is 1.07 bits per heavy atom. The molecular formula is C22H33B6N. The van der Waals surface area contributed by atoms with Gasteiger partial charge in [-0.25, -0.2) is 0 Å². The molecular weight excluding hydrogens is 343 g/mol. The molecule has 2 aromatic rings. The standard InChI is InChI=1S/C22H33B6N/c1-21(2)5-9-11(7-21)15(25)19(17(27)13(9)23)29-20-16(26)12-8-22(3,4)6-10(12)14(24)18(20)28/h29H,5-8,23-28H2,1-4H3. The van der Waals surface area contributed by atoms with Crippen molar-refractivity contribution in [2.75, 3.05) is 5.32 Å². The van der Waals surface area contributed by atoms with E-state index in [4.69, 9.17) is 0 Å². The van der Waals surface area contributed by atoms with E-state index in [1.54, 1.807) is 22.3 Å². The van der Waals surface area contributed by atoms with E-state index in [1.807, 2.05) is 0 Å². The van der Waals surface area contributed by atoms with Gasteiger partial charge < -0.3 is 5.32 Å². The molecule has 0 heterocycles. The van der Waals surface area contributed by atoms with Crippen molar-refractivity contribution in [3.63, 3.8) is 0 Å². The molecule has 2 aliphatic rings. The van der Waals surface area contributed by atoms with E-state index in [2.05, 4.69) is 80.1 Å². The normalized spacial score (nSPS) is 18.5. The molecule has 29 heavy (non-hydrogen) atoms. The van der Waals surface area contributed by atoms with Crippen LogP contribution >= 0.6 is 0 Å². The lowest BCUT2D eigenvalue weighted by atomic mass is 9.69. The Balaban J connectivity index is 1.86. The topological polar surface area (TPSA) is 12.0 Å². The van der Waals surface area contributed by atoms with E-state index in [0.717, 1.165) is 0 Å². The first kappa shape index (κ1) is 20.9. The van der Waals surface area contributed by atoms with Crippen molar-refractivity contribution in [2.24, 2.45) is 10.8 Å². The molecule has 1 nitrogen and oxygen atoms in total. The van der Waals surface area contributed by atoms with Crippen molar-refractivity contribution in [2.45, 2.75) is 53.4 Å². The molecule has 0 bridgehead atoms. The van der Waals surface area contributed by atoms with Crippen molar-refractivity contribution in [1.29, 1.82) is 0 Å². The van der Waals surface area contributed by atoms with E-state index in [0.29, 0.717) is 10.8 Å². The quantitative estimate of drug-likeness (QED) is 0.519. The SMILES string of the molecule is Bc1c(B)c(Nc2c(B)c(B)c3c(c2B)CC(C)(C)C3)c(B)c2c1CC(C)(C)C2. The van der Waals surface area contributed by atoms with Gasteiger partial charge in [0.2, 0.25) is 0 Å². The zero-order valence-corrected chi connectivity index (χ0v) is 20.3. The van der Waals surface area contributed by atoms with E-state index in [9.17, 15) is 0 Å². The summed E-state index contributed by atoms with van der Waals surface area (Å²) in [5.41, 5.74) is 18.6. The molecule has 4 rings (SSSR count). The van der Waals surface area contributed by atoms with E-state index >= 15 is 0 Å². The van der Waals surface area contributed by atoms with Crippen LogP contribution in [0.15, 0.2) is 0 Å². The molecule has 0 spiro atoms. The number of anilines is 2. The van der Waals surface area contributed by atoms with Crippen LogP contribution in [-0.2, 0) is 25.7 Å². The molecule has 0 aliphatic heterocycles. The van der Waals surface area contributed by atoms with Crippen LogP contribution in [0.25, 0.3) is 0 Å². The van der Waals surface area contributed by atoms with Gasteiger partial charge in [-0.1, -0.05) is 71.6 Å². The molecule has 1 N–H and O–H groups in total. The number of fused-ring (bicyclic) bond motifs is 2. The number of rotatable bonds is 2. The Hall–Kier alpha value is -1.37. The lowest BCUT2D eigenvalue weighted by Gasteiger charge is -2.25. The third kappa shape index (κ3) is 3.24. The van der Waals surface area contributed by atoms with Gasteiger partial charge in [0.25, 0.3) is 0 Å². The molecule has 0 fully saturated rings. The molecule has 144 valence electrons. The van der Waals surface area contributed by atoms with Crippen molar-refractivity contribution < 1.29 is 0 Å². The Morgan fingerprint density at radius 2 is 0.759 bits per heavy atom. The third-order valence-corrected chi connectivity index (χ3v) is 8.04. The van der Waals surface area contributed by atoms with E-state index < -0.39 is 0 Å². The molecule has 2 aromatic carbocycles. The molecule has 0 saturated carbocycles. The summed E-state index contributed by atoms with van der Waals surface area (Å²) in [5.74, 6) is 0. The number of benzene rings is 2. The molecule has 0 radical (unpaired) electrons. The largest absolute Gasteiger partial charge is 0.357 e. The molecule has 0 saturated heterocycles. The fourth-order valence-corrected chi connectivity index (χ4v) is 6.09. The second-order valence-electron chi connectivity index (χ2n) is 11.6. The average molecular weight is 376 g/mol. The van der Waals surface area contributed by atoms with Crippen molar-refractivity contribution in [3.05, 3.63) is 22.3 Å². The monoisotopic (exact) mass is 377 g/mol. The Bertz CT molecular complexity index is 971. The minimum absolute atomic E-state index is 0.379. The van der Waals surface area contributed by atoms with Crippen LogP contribution in [0.4, 0.5) is 11.4 Å². The first-order valence-corrected chi connectivity index (χ1v) is 11.3. The minimum Gasteiger partial charge on any atom is -0.357 e. The second-order valence-corrected chi connectivity index (χ2v) is 11.6. The van der Waals surface area contributed by atoms with Crippen LogP contribution in [0.2, 0.25) is 0 Å². The number of nitrogens with one attached hydrogen (secondary N) is 1. The van der Waals surface area contributed by atoms with Gasteiger partial charge in [0.05, 0.1) is 0 Å². The van der Waals surface area contributed by atoms with Crippen LogP contribution in [0.5, 0.6) is 0 Å². The highest BCUT2D eigenvalue weighted by molar-refractivity contribution is 6.57.